The summed E-state index contributed by atoms with van der Waals surface area (Å²) in [5.74, 6) is -0.380. The second-order valence-electron chi connectivity index (χ2n) is 11.6. The average Bonchev–Trinajstić information content (AvgIpc) is 3.57. The maximum absolute atomic E-state index is 13.7. The summed E-state index contributed by atoms with van der Waals surface area (Å²) in [5, 5.41) is 18.3. The minimum absolute atomic E-state index is 0.0168. The van der Waals surface area contributed by atoms with Crippen molar-refractivity contribution in [1.82, 2.24) is 30.2 Å². The summed E-state index contributed by atoms with van der Waals surface area (Å²) in [4.78, 5) is 28.3. The molecule has 252 valence electrons. The SMILES string of the molecule is CN(C)CCN(C)CCNC(=O)[C@@H]1CCCN1S(=O)(=O)c1ccc(NNC(=S)NC(c2ccccc2)c2ccccc2)c([N+](=O)[O-])c1. The van der Waals surface area contributed by atoms with Gasteiger partial charge < -0.3 is 20.4 Å². The molecule has 0 aliphatic carbocycles. The molecular weight excluding hydrogens is 641 g/mol. The summed E-state index contributed by atoms with van der Waals surface area (Å²) < 4.78 is 28.5. The van der Waals surface area contributed by atoms with E-state index in [0.29, 0.717) is 25.9 Å². The molecule has 47 heavy (non-hydrogen) atoms. The maximum atomic E-state index is 13.7. The van der Waals surface area contributed by atoms with Gasteiger partial charge in [0.2, 0.25) is 15.9 Å². The van der Waals surface area contributed by atoms with Crippen LogP contribution in [0.3, 0.4) is 0 Å². The van der Waals surface area contributed by atoms with Crippen LogP contribution < -0.4 is 21.5 Å². The zero-order valence-corrected chi connectivity index (χ0v) is 28.4. The third kappa shape index (κ3) is 9.68. The van der Waals surface area contributed by atoms with Gasteiger partial charge in [-0.25, -0.2) is 8.42 Å². The molecule has 1 aliphatic heterocycles. The zero-order valence-electron chi connectivity index (χ0n) is 26.8. The molecule has 1 amide bonds. The van der Waals surface area contributed by atoms with E-state index in [1.165, 1.54) is 12.1 Å². The molecule has 15 heteroatoms. The summed E-state index contributed by atoms with van der Waals surface area (Å²) in [5.41, 5.74) is 7.01. The molecule has 1 heterocycles. The van der Waals surface area contributed by atoms with Gasteiger partial charge in [0, 0.05) is 38.8 Å². The monoisotopic (exact) mass is 682 g/mol. The largest absolute Gasteiger partial charge is 0.353 e. The summed E-state index contributed by atoms with van der Waals surface area (Å²) in [6.45, 7) is 2.84. The molecule has 1 fully saturated rings. The molecule has 0 saturated carbocycles. The first kappa shape index (κ1) is 35.7. The van der Waals surface area contributed by atoms with Gasteiger partial charge in [0.05, 0.1) is 15.9 Å². The molecule has 0 radical (unpaired) electrons. The van der Waals surface area contributed by atoms with Gasteiger partial charge in [-0.05, 0) is 69.5 Å². The number of hydrazine groups is 1. The van der Waals surface area contributed by atoms with E-state index < -0.39 is 26.7 Å². The Morgan fingerprint density at radius 1 is 1.00 bits per heavy atom. The number of carbonyl (C=O) groups is 1. The van der Waals surface area contributed by atoms with E-state index in [4.69, 9.17) is 12.2 Å². The quantitative estimate of drug-likeness (QED) is 0.106. The standard InChI is InChI=1S/C32H42N8O5S2/c1-37(2)21-22-38(3)20-18-33-31(41)28-15-10-19-39(28)47(44,45)26-16-17-27(29(23-26)40(42)43)35-36-32(46)34-30(24-11-6-4-7-12-24)25-13-8-5-9-14-25/h4-9,11-14,16-17,23,28,30,35H,10,15,18-22H2,1-3H3,(H,33,41)(H2,34,36,46)/t28-/m0/s1. The number of hydrogen-bond acceptors (Lipinski definition) is 9. The van der Waals surface area contributed by atoms with Crippen molar-refractivity contribution in [2.24, 2.45) is 0 Å². The number of thiocarbonyl (C=S) groups is 1. The first-order valence-corrected chi connectivity index (χ1v) is 17.2. The fourth-order valence-electron chi connectivity index (χ4n) is 5.27. The van der Waals surface area contributed by atoms with E-state index >= 15 is 0 Å². The van der Waals surface area contributed by atoms with Crippen LogP contribution in [0.5, 0.6) is 0 Å². The van der Waals surface area contributed by atoms with Crippen LogP contribution in [0.2, 0.25) is 0 Å². The average molecular weight is 683 g/mol. The molecule has 0 aromatic heterocycles. The Bertz CT molecular complexity index is 1590. The molecule has 1 saturated heterocycles. The first-order chi connectivity index (χ1) is 22.5. The van der Waals surface area contributed by atoms with E-state index in [2.05, 4.69) is 31.3 Å². The highest BCUT2D eigenvalue weighted by atomic mass is 32.2. The van der Waals surface area contributed by atoms with Gasteiger partial charge in [0.25, 0.3) is 5.69 Å². The molecule has 1 atom stereocenters. The third-order valence-corrected chi connectivity index (χ3v) is 9.98. The van der Waals surface area contributed by atoms with Crippen LogP contribution in [0.25, 0.3) is 0 Å². The van der Waals surface area contributed by atoms with Crippen LogP contribution in [-0.4, -0.2) is 98.4 Å². The Labute approximate surface area is 281 Å². The zero-order chi connectivity index (χ0) is 34.0. The number of benzene rings is 3. The molecule has 3 aromatic rings. The lowest BCUT2D eigenvalue weighted by molar-refractivity contribution is -0.384. The van der Waals surface area contributed by atoms with Crippen LogP contribution in [0.15, 0.2) is 83.8 Å². The maximum Gasteiger partial charge on any atom is 0.295 e. The van der Waals surface area contributed by atoms with Gasteiger partial charge in [-0.15, -0.1) is 0 Å². The van der Waals surface area contributed by atoms with Crippen LogP contribution in [-0.2, 0) is 14.8 Å². The number of nitro benzene ring substituents is 1. The highest BCUT2D eigenvalue weighted by Crippen LogP contribution is 2.32. The summed E-state index contributed by atoms with van der Waals surface area (Å²) in [6.07, 6.45) is 0.869. The Balaban J connectivity index is 1.42. The number of nitrogens with one attached hydrogen (secondary N) is 4. The summed E-state index contributed by atoms with van der Waals surface area (Å²) in [7, 11) is 1.73. The highest BCUT2D eigenvalue weighted by Gasteiger charge is 2.40. The normalized spacial score (nSPS) is 15.1. The Kier molecular flexibility index (Phi) is 12.6. The second-order valence-corrected chi connectivity index (χ2v) is 13.9. The number of likely N-dealkylation sites (N-methyl/N-ethyl adjacent to an activating group) is 2. The smallest absolute Gasteiger partial charge is 0.295 e. The first-order valence-electron chi connectivity index (χ1n) is 15.3. The van der Waals surface area contributed by atoms with Crippen molar-refractivity contribution in [3.63, 3.8) is 0 Å². The molecule has 3 aromatic carbocycles. The lowest BCUT2D eigenvalue weighted by Gasteiger charge is -2.24. The molecule has 4 rings (SSSR count). The van der Waals surface area contributed by atoms with Crippen LogP contribution in [0, 0.1) is 10.1 Å². The fourth-order valence-corrected chi connectivity index (χ4v) is 7.11. The fraction of sp³-hybridized carbons (Fsp3) is 0.375. The number of nitrogens with zero attached hydrogens (tertiary/aromatic N) is 4. The number of nitro groups is 1. The van der Waals surface area contributed by atoms with Crippen molar-refractivity contribution in [3.05, 3.63) is 100 Å². The van der Waals surface area contributed by atoms with Crippen molar-refractivity contribution in [2.45, 2.75) is 29.8 Å². The molecular formula is C32H42N8O5S2. The van der Waals surface area contributed by atoms with Crippen molar-refractivity contribution in [3.8, 4) is 0 Å². The molecule has 4 N–H and O–H groups in total. The number of carbonyl (C=O) groups excluding carboxylic acids is 1. The predicted molar refractivity (Wildman–Crippen MR) is 186 cm³/mol. The van der Waals surface area contributed by atoms with Crippen molar-refractivity contribution in [1.29, 1.82) is 0 Å². The third-order valence-electron chi connectivity index (χ3n) is 7.85. The van der Waals surface area contributed by atoms with Gasteiger partial charge in [-0.3, -0.25) is 25.8 Å². The summed E-state index contributed by atoms with van der Waals surface area (Å²) >= 11 is 5.50. The van der Waals surface area contributed by atoms with Crippen molar-refractivity contribution in [2.75, 3.05) is 59.3 Å². The van der Waals surface area contributed by atoms with E-state index in [1.807, 2.05) is 81.8 Å². The molecule has 1 aliphatic rings. The van der Waals surface area contributed by atoms with Gasteiger partial charge in [0.1, 0.15) is 11.7 Å². The minimum Gasteiger partial charge on any atom is -0.353 e. The van der Waals surface area contributed by atoms with E-state index in [-0.39, 0.29) is 34.2 Å². The lowest BCUT2D eigenvalue weighted by Crippen LogP contribution is -2.47. The highest BCUT2D eigenvalue weighted by molar-refractivity contribution is 7.89. The predicted octanol–water partition coefficient (Wildman–Crippen LogP) is 2.94. The number of hydrogen-bond donors (Lipinski definition) is 4. The Hall–Kier alpha value is -4.15. The number of anilines is 1. The van der Waals surface area contributed by atoms with E-state index in [1.54, 1.807) is 0 Å². The van der Waals surface area contributed by atoms with Crippen molar-refractivity contribution < 1.29 is 18.1 Å². The lowest BCUT2D eigenvalue weighted by atomic mass is 9.99. The minimum atomic E-state index is -4.21. The van der Waals surface area contributed by atoms with Crippen LogP contribution in [0.1, 0.15) is 30.0 Å². The topological polar surface area (TPSA) is 152 Å². The molecule has 0 unspecified atom stereocenters. The van der Waals surface area contributed by atoms with Gasteiger partial charge >= 0.3 is 0 Å². The van der Waals surface area contributed by atoms with Gasteiger partial charge in [-0.2, -0.15) is 4.31 Å². The van der Waals surface area contributed by atoms with E-state index in [9.17, 15) is 23.3 Å². The molecule has 0 spiro atoms. The number of sulfonamides is 1. The Morgan fingerprint density at radius 2 is 1.64 bits per heavy atom. The van der Waals surface area contributed by atoms with Crippen LogP contribution >= 0.6 is 12.2 Å². The summed E-state index contributed by atoms with van der Waals surface area (Å²) in [6, 6.07) is 21.8. The second kappa shape index (κ2) is 16.6. The molecule has 13 nitrogen and oxygen atoms in total. The number of amides is 1. The van der Waals surface area contributed by atoms with Gasteiger partial charge in [-0.1, -0.05) is 60.7 Å². The molecule has 0 bridgehead atoms. The van der Waals surface area contributed by atoms with Crippen molar-refractivity contribution >= 4 is 44.6 Å². The van der Waals surface area contributed by atoms with E-state index in [0.717, 1.165) is 34.6 Å². The van der Waals surface area contributed by atoms with Gasteiger partial charge in [0.15, 0.2) is 5.11 Å². The van der Waals surface area contributed by atoms with Crippen LogP contribution in [0.4, 0.5) is 11.4 Å². The Morgan fingerprint density at radius 3 is 2.23 bits per heavy atom. The number of rotatable bonds is 15.